The molecule has 3 unspecified atom stereocenters. The zero-order valence-corrected chi connectivity index (χ0v) is 31.1. The Bertz CT molecular complexity index is 2380. The molecule has 12 nitrogen and oxygen atoms in total. The summed E-state index contributed by atoms with van der Waals surface area (Å²) < 4.78 is 3.99. The fourth-order valence-corrected chi connectivity index (χ4v) is 8.01. The highest BCUT2D eigenvalue weighted by molar-refractivity contribution is 6.30. The number of nitrogens with zero attached hydrogens (tertiary/aromatic N) is 9. The van der Waals surface area contributed by atoms with Crippen molar-refractivity contribution in [1.82, 2.24) is 44.8 Å². The van der Waals surface area contributed by atoms with Gasteiger partial charge in [0, 0.05) is 72.1 Å². The molecule has 0 bridgehead atoms. The first kappa shape index (κ1) is 34.2. The highest BCUT2D eigenvalue weighted by atomic mass is 35.5. The summed E-state index contributed by atoms with van der Waals surface area (Å²) in [6.45, 7) is 4.50. The van der Waals surface area contributed by atoms with E-state index in [1.807, 2.05) is 90.4 Å². The summed E-state index contributed by atoms with van der Waals surface area (Å²) in [6.07, 6.45) is 9.66. The van der Waals surface area contributed by atoms with E-state index in [1.54, 1.807) is 19.3 Å². The van der Waals surface area contributed by atoms with Crippen molar-refractivity contribution in [3.8, 4) is 33.8 Å². The second kappa shape index (κ2) is 13.9. The third kappa shape index (κ3) is 6.43. The van der Waals surface area contributed by atoms with Gasteiger partial charge in [-0.25, -0.2) is 19.9 Å². The Morgan fingerprint density at radius 1 is 0.943 bits per heavy atom. The van der Waals surface area contributed by atoms with Gasteiger partial charge in [0.25, 0.3) is 5.95 Å². The maximum absolute atomic E-state index is 6.29. The van der Waals surface area contributed by atoms with Gasteiger partial charge in [-0.1, -0.05) is 55.8 Å². The first-order valence-electron chi connectivity index (χ1n) is 17.8. The Balaban J connectivity index is 1.19. The van der Waals surface area contributed by atoms with E-state index in [-0.39, 0.29) is 17.8 Å². The second-order valence-corrected chi connectivity index (χ2v) is 14.3. The molecule has 2 aliphatic carbocycles. The Hall–Kier alpha value is -5.88. The number of hydrogen-bond donors (Lipinski definition) is 3. The van der Waals surface area contributed by atoms with E-state index in [1.165, 1.54) is 0 Å². The quantitative estimate of drug-likeness (QED) is 0.103. The predicted octanol–water partition coefficient (Wildman–Crippen LogP) is 7.35. The van der Waals surface area contributed by atoms with Crippen molar-refractivity contribution in [1.29, 1.82) is 0 Å². The number of halogens is 1. The fourth-order valence-electron chi connectivity index (χ4n) is 7.88. The third-order valence-corrected chi connectivity index (χ3v) is 10.4. The van der Waals surface area contributed by atoms with Crippen LogP contribution in [0.3, 0.4) is 0 Å². The number of benzene rings is 2. The fraction of sp³-hybridized carbons (Fsp3) is 0.275. The Morgan fingerprint density at radius 3 is 2.43 bits per heavy atom. The Kier molecular flexibility index (Phi) is 8.99. The molecule has 2 aromatic carbocycles. The van der Waals surface area contributed by atoms with Crippen molar-refractivity contribution in [2.75, 3.05) is 12.4 Å². The standard InChI is InChI=1S/C40H41ClN12/c1-22-18-30-33(35-28(22)20-44-39(48-35)46-27-9-7-6-8-10-27)37(52(4)50-30)23(2)17-25-19-31-34(38(53(5)51-31)24-11-13-26(41)14-12-24)36-29(25)21-45-40(49-36)47-32(42)15-16-43-3/h6-16,20-23,25,43H,17-19H2,1-5H3,(H,44,46,48)(H2,42,45,47,49)/b16-15-. The van der Waals surface area contributed by atoms with Gasteiger partial charge >= 0.3 is 0 Å². The molecular formula is C40H41ClN12. The summed E-state index contributed by atoms with van der Waals surface area (Å²) >= 11 is 6.29. The molecule has 2 aliphatic rings. The first-order valence-corrected chi connectivity index (χ1v) is 18.2. The van der Waals surface area contributed by atoms with Crippen molar-refractivity contribution >= 4 is 35.0 Å². The number of para-hydroxylation sites is 1. The first-order chi connectivity index (χ1) is 25.7. The maximum atomic E-state index is 6.29. The van der Waals surface area contributed by atoms with Crippen LogP contribution in [0.4, 0.5) is 17.6 Å². The Morgan fingerprint density at radius 2 is 1.66 bits per heavy atom. The number of hydrogen-bond acceptors (Lipinski definition) is 9. The smallest absolute Gasteiger partial charge is 0.251 e. The van der Waals surface area contributed by atoms with Gasteiger partial charge in [0.1, 0.15) is 5.84 Å². The summed E-state index contributed by atoms with van der Waals surface area (Å²) in [5.41, 5.74) is 18.3. The molecule has 0 spiro atoms. The number of fused-ring (bicyclic) bond motifs is 6. The summed E-state index contributed by atoms with van der Waals surface area (Å²) in [5.74, 6) is 1.59. The highest BCUT2D eigenvalue weighted by Crippen LogP contribution is 2.48. The zero-order chi connectivity index (χ0) is 36.8. The van der Waals surface area contributed by atoms with Gasteiger partial charge in [-0.3, -0.25) is 9.36 Å². The zero-order valence-electron chi connectivity index (χ0n) is 30.3. The molecule has 0 radical (unpaired) electrons. The summed E-state index contributed by atoms with van der Waals surface area (Å²) in [4.78, 5) is 24.1. The molecule has 4 aromatic heterocycles. The SMILES string of the molecule is CN/C=C\C(N)=N/c1ncc2c(n1)-c1c(nn(C)c1-c1ccc(Cl)cc1)CC2CC(C)c1c2c(nn1C)CC(C)c1cnc(Nc3ccccc3)nc1-2. The number of aryl methyl sites for hydroxylation is 2. The summed E-state index contributed by atoms with van der Waals surface area (Å²) in [7, 11) is 5.82. The lowest BCUT2D eigenvalue weighted by Gasteiger charge is -2.28. The molecule has 4 N–H and O–H groups in total. The van der Waals surface area contributed by atoms with E-state index < -0.39 is 0 Å². The van der Waals surface area contributed by atoms with E-state index in [2.05, 4.69) is 29.5 Å². The minimum atomic E-state index is 0.0771. The van der Waals surface area contributed by atoms with Crippen molar-refractivity contribution in [2.24, 2.45) is 24.8 Å². The number of aliphatic imine (C=N–C) groups is 1. The van der Waals surface area contributed by atoms with Gasteiger partial charge in [0.15, 0.2) is 0 Å². The van der Waals surface area contributed by atoms with E-state index in [0.29, 0.717) is 22.8 Å². The van der Waals surface area contributed by atoms with Crippen LogP contribution in [0.1, 0.15) is 66.2 Å². The highest BCUT2D eigenvalue weighted by Gasteiger charge is 2.36. The van der Waals surface area contributed by atoms with Crippen LogP contribution < -0.4 is 16.4 Å². The molecule has 0 aliphatic heterocycles. The Labute approximate surface area is 313 Å². The lowest BCUT2D eigenvalue weighted by molar-refractivity contribution is 0.515. The average Bonchev–Trinajstić information content (AvgIpc) is 3.66. The number of aromatic nitrogens is 8. The van der Waals surface area contributed by atoms with Crippen molar-refractivity contribution in [3.05, 3.63) is 112 Å². The molecule has 53 heavy (non-hydrogen) atoms. The molecule has 8 rings (SSSR count). The molecule has 0 fully saturated rings. The average molecular weight is 725 g/mol. The number of nitrogens with two attached hydrogens (primary N) is 1. The van der Waals surface area contributed by atoms with Crippen molar-refractivity contribution in [2.45, 2.75) is 50.9 Å². The van der Waals surface area contributed by atoms with Gasteiger partial charge in [-0.2, -0.15) is 15.2 Å². The molecule has 268 valence electrons. The van der Waals surface area contributed by atoms with Crippen molar-refractivity contribution < 1.29 is 0 Å². The van der Waals surface area contributed by atoms with E-state index >= 15 is 0 Å². The molecule has 0 saturated carbocycles. The number of nitrogens with one attached hydrogen (secondary N) is 2. The number of amidine groups is 1. The monoisotopic (exact) mass is 724 g/mol. The molecule has 4 heterocycles. The second-order valence-electron chi connectivity index (χ2n) is 13.9. The van der Waals surface area contributed by atoms with E-state index in [9.17, 15) is 0 Å². The normalized spacial score (nSPS) is 16.8. The van der Waals surface area contributed by atoms with Gasteiger partial charge in [-0.05, 0) is 73.6 Å². The molecular weight excluding hydrogens is 684 g/mol. The topological polar surface area (TPSA) is 150 Å². The summed E-state index contributed by atoms with van der Waals surface area (Å²) in [5, 5.41) is 17.1. The van der Waals surface area contributed by atoms with Crippen molar-refractivity contribution in [3.63, 3.8) is 0 Å². The van der Waals surface area contributed by atoms with Crippen LogP contribution in [0.5, 0.6) is 0 Å². The lowest BCUT2D eigenvalue weighted by atomic mass is 9.77. The number of anilines is 2. The number of rotatable bonds is 9. The van der Waals surface area contributed by atoms with E-state index in [0.717, 1.165) is 86.9 Å². The van der Waals surface area contributed by atoms with Crippen LogP contribution in [-0.2, 0) is 26.9 Å². The molecule has 0 amide bonds. The molecule has 13 heteroatoms. The van der Waals surface area contributed by atoms with Gasteiger partial charge in [0.2, 0.25) is 5.95 Å². The molecule has 3 atom stereocenters. The van der Waals surface area contributed by atoms with Gasteiger partial charge in [-0.15, -0.1) is 0 Å². The van der Waals surface area contributed by atoms with Crippen LogP contribution in [0.15, 0.2) is 84.3 Å². The van der Waals surface area contributed by atoms with Gasteiger partial charge < -0.3 is 16.4 Å². The third-order valence-electron chi connectivity index (χ3n) is 10.2. The van der Waals surface area contributed by atoms with Crippen LogP contribution in [-0.4, -0.2) is 52.4 Å². The van der Waals surface area contributed by atoms with Crippen LogP contribution >= 0.6 is 11.6 Å². The van der Waals surface area contributed by atoms with Crippen LogP contribution in [0.25, 0.3) is 33.8 Å². The van der Waals surface area contributed by atoms with Crippen LogP contribution in [0, 0.1) is 0 Å². The van der Waals surface area contributed by atoms with Crippen LogP contribution in [0.2, 0.25) is 5.02 Å². The largest absolute Gasteiger partial charge is 0.394 e. The summed E-state index contributed by atoms with van der Waals surface area (Å²) in [6, 6.07) is 17.8. The molecule has 6 aromatic rings. The lowest BCUT2D eigenvalue weighted by Crippen LogP contribution is -2.17. The maximum Gasteiger partial charge on any atom is 0.251 e. The van der Waals surface area contributed by atoms with Gasteiger partial charge in [0.05, 0.1) is 34.2 Å². The van der Waals surface area contributed by atoms with E-state index in [4.69, 9.17) is 47.5 Å². The molecule has 0 saturated heterocycles. The minimum absolute atomic E-state index is 0.0771. The minimum Gasteiger partial charge on any atom is -0.394 e. The predicted molar refractivity (Wildman–Crippen MR) is 210 cm³/mol.